The van der Waals surface area contributed by atoms with Gasteiger partial charge in [-0.05, 0) is 45.0 Å². The fourth-order valence-electron chi connectivity index (χ4n) is 1.37. The second-order valence-electron chi connectivity index (χ2n) is 6.05. The van der Waals surface area contributed by atoms with Gasteiger partial charge in [0.2, 0.25) is 0 Å². The number of benzene rings is 2. The van der Waals surface area contributed by atoms with E-state index in [1.165, 1.54) is 6.92 Å². The van der Waals surface area contributed by atoms with Gasteiger partial charge in [0.05, 0.1) is 0 Å². The molecular formula is C24H26O6. The Morgan fingerprint density at radius 2 is 0.900 bits per heavy atom. The number of carboxylic acid groups (broad SMARTS) is 1. The normalized spacial score (nSPS) is 8.77. The number of carboxylic acids is 1. The second-order valence-corrected chi connectivity index (χ2v) is 6.05. The van der Waals surface area contributed by atoms with Crippen molar-refractivity contribution in [2.45, 2.75) is 20.8 Å². The maximum absolute atomic E-state index is 11.0. The molecule has 0 aliphatic carbocycles. The maximum atomic E-state index is 11.0. The molecule has 0 aliphatic heterocycles. The molecule has 0 heterocycles. The number of carbonyl (C=O) groups is 3. The molecule has 0 unspecified atom stereocenters. The Balaban J connectivity index is 0.000000447. The minimum atomic E-state index is -0.935. The van der Waals surface area contributed by atoms with E-state index in [1.54, 1.807) is 62.4 Å². The lowest BCUT2D eigenvalue weighted by atomic mass is 10.3. The van der Waals surface area contributed by atoms with E-state index in [1.807, 2.05) is 12.1 Å². The molecular weight excluding hydrogens is 384 g/mol. The number of esters is 2. The zero-order valence-electron chi connectivity index (χ0n) is 17.4. The Bertz CT molecular complexity index is 807. The summed E-state index contributed by atoms with van der Waals surface area (Å²) in [5.74, 6) is -0.617. The van der Waals surface area contributed by atoms with E-state index in [2.05, 4.69) is 19.7 Å². The number of para-hydroxylation sites is 2. The van der Waals surface area contributed by atoms with Crippen LogP contribution in [0.5, 0.6) is 11.5 Å². The summed E-state index contributed by atoms with van der Waals surface area (Å²) in [4.78, 5) is 31.6. The summed E-state index contributed by atoms with van der Waals surface area (Å²) in [7, 11) is 0. The van der Waals surface area contributed by atoms with Crippen molar-refractivity contribution in [3.63, 3.8) is 0 Å². The first kappa shape index (κ1) is 26.1. The monoisotopic (exact) mass is 410 g/mol. The van der Waals surface area contributed by atoms with Crippen LogP contribution in [0.1, 0.15) is 20.8 Å². The van der Waals surface area contributed by atoms with Gasteiger partial charge in [0.15, 0.2) is 0 Å². The number of aliphatic carboxylic acids is 1. The van der Waals surface area contributed by atoms with Crippen molar-refractivity contribution in [3.8, 4) is 11.5 Å². The molecule has 2 aromatic carbocycles. The van der Waals surface area contributed by atoms with Gasteiger partial charge < -0.3 is 14.6 Å². The highest BCUT2D eigenvalue weighted by atomic mass is 16.5. The fraction of sp³-hybridized carbons (Fsp3) is 0.125. The number of carbonyl (C=O) groups excluding carboxylic acids is 2. The maximum Gasteiger partial charge on any atom is 0.338 e. The molecule has 2 aromatic rings. The van der Waals surface area contributed by atoms with Gasteiger partial charge in [0, 0.05) is 16.7 Å². The quantitative estimate of drug-likeness (QED) is 0.425. The molecule has 158 valence electrons. The highest BCUT2D eigenvalue weighted by Gasteiger charge is 2.04. The van der Waals surface area contributed by atoms with Crippen LogP contribution in [0, 0.1) is 0 Å². The molecule has 0 aliphatic rings. The lowest BCUT2D eigenvalue weighted by molar-refractivity contribution is -0.133. The first-order valence-electron chi connectivity index (χ1n) is 8.78. The Hall–Kier alpha value is -3.93. The Morgan fingerprint density at radius 1 is 0.633 bits per heavy atom. The highest BCUT2D eigenvalue weighted by Crippen LogP contribution is 2.10. The molecule has 0 saturated carbocycles. The van der Waals surface area contributed by atoms with Crippen molar-refractivity contribution in [3.05, 3.63) is 97.1 Å². The van der Waals surface area contributed by atoms with Gasteiger partial charge in [-0.15, -0.1) is 0 Å². The van der Waals surface area contributed by atoms with Crippen LogP contribution in [-0.2, 0) is 14.4 Å². The van der Waals surface area contributed by atoms with Crippen LogP contribution in [0.4, 0.5) is 0 Å². The number of hydrogen-bond acceptors (Lipinski definition) is 5. The zero-order valence-corrected chi connectivity index (χ0v) is 17.4. The molecule has 30 heavy (non-hydrogen) atoms. The van der Waals surface area contributed by atoms with E-state index in [9.17, 15) is 14.4 Å². The summed E-state index contributed by atoms with van der Waals surface area (Å²) in [6.07, 6.45) is 0. The third-order valence-corrected chi connectivity index (χ3v) is 2.97. The molecule has 0 bridgehead atoms. The minimum absolute atomic E-state index is 0.176. The number of rotatable bonds is 5. The van der Waals surface area contributed by atoms with E-state index >= 15 is 0 Å². The molecule has 0 radical (unpaired) electrons. The highest BCUT2D eigenvalue weighted by molar-refractivity contribution is 5.89. The van der Waals surface area contributed by atoms with Crippen LogP contribution in [-0.4, -0.2) is 23.0 Å². The second kappa shape index (κ2) is 14.1. The van der Waals surface area contributed by atoms with Crippen LogP contribution in [0.3, 0.4) is 0 Å². The number of ether oxygens (including phenoxy) is 2. The van der Waals surface area contributed by atoms with Gasteiger partial charge in [-0.3, -0.25) is 0 Å². The van der Waals surface area contributed by atoms with Gasteiger partial charge in [-0.2, -0.15) is 0 Å². The molecule has 0 aromatic heterocycles. The van der Waals surface area contributed by atoms with Crippen molar-refractivity contribution in [2.24, 2.45) is 0 Å². The molecule has 2 rings (SSSR count). The van der Waals surface area contributed by atoms with E-state index in [-0.39, 0.29) is 17.5 Å². The summed E-state index contributed by atoms with van der Waals surface area (Å²) in [5.41, 5.74) is 0.979. The van der Waals surface area contributed by atoms with E-state index in [4.69, 9.17) is 14.6 Å². The molecule has 0 atom stereocenters. The summed E-state index contributed by atoms with van der Waals surface area (Å²) in [5, 5.41) is 7.89. The molecule has 6 heteroatoms. The van der Waals surface area contributed by atoms with Crippen molar-refractivity contribution in [2.75, 3.05) is 0 Å². The predicted molar refractivity (Wildman–Crippen MR) is 116 cm³/mol. The van der Waals surface area contributed by atoms with Crippen LogP contribution < -0.4 is 9.47 Å². The van der Waals surface area contributed by atoms with Crippen LogP contribution in [0.15, 0.2) is 97.1 Å². The first-order chi connectivity index (χ1) is 14.0. The molecule has 1 N–H and O–H groups in total. The van der Waals surface area contributed by atoms with E-state index < -0.39 is 5.97 Å². The summed E-state index contributed by atoms with van der Waals surface area (Å²) < 4.78 is 9.87. The molecule has 0 saturated heterocycles. The smallest absolute Gasteiger partial charge is 0.338 e. The Morgan fingerprint density at radius 3 is 1.10 bits per heavy atom. The largest absolute Gasteiger partial charge is 0.478 e. The average molecular weight is 410 g/mol. The van der Waals surface area contributed by atoms with Gasteiger partial charge in [-0.1, -0.05) is 56.1 Å². The van der Waals surface area contributed by atoms with Gasteiger partial charge >= 0.3 is 17.9 Å². The SMILES string of the molecule is C=C(C)C(=O)O.C=C(C)C(=O)Oc1ccccc1.C=C(C)C(=O)Oc1ccccc1. The Labute approximate surface area is 176 Å². The third kappa shape index (κ3) is 12.5. The van der Waals surface area contributed by atoms with E-state index in [0.717, 1.165) is 0 Å². The van der Waals surface area contributed by atoms with Gasteiger partial charge in [-0.25, -0.2) is 14.4 Å². The van der Waals surface area contributed by atoms with Crippen molar-refractivity contribution in [1.82, 2.24) is 0 Å². The number of hydrogen-bond donors (Lipinski definition) is 1. The van der Waals surface area contributed by atoms with Crippen LogP contribution in [0.2, 0.25) is 0 Å². The Kier molecular flexibility index (Phi) is 12.3. The molecule has 0 amide bonds. The summed E-state index contributed by atoms with van der Waals surface area (Å²) in [6.45, 7) is 14.8. The van der Waals surface area contributed by atoms with Gasteiger partial charge in [0.25, 0.3) is 0 Å². The molecule has 0 spiro atoms. The standard InChI is InChI=1S/2C10H10O2.C4H6O2/c2*1-8(2)10(11)12-9-6-4-3-5-7-9;1-3(2)4(5)6/h2*3-7H,1H2,2H3;1H2,2H3,(H,5,6). The minimum Gasteiger partial charge on any atom is -0.478 e. The lowest BCUT2D eigenvalue weighted by Gasteiger charge is -2.01. The van der Waals surface area contributed by atoms with Crippen LogP contribution in [0.25, 0.3) is 0 Å². The summed E-state index contributed by atoms with van der Waals surface area (Å²) in [6, 6.07) is 17.8. The first-order valence-corrected chi connectivity index (χ1v) is 8.78. The third-order valence-electron chi connectivity index (χ3n) is 2.97. The zero-order chi connectivity index (χ0) is 23.1. The van der Waals surface area contributed by atoms with E-state index in [0.29, 0.717) is 22.6 Å². The fourth-order valence-corrected chi connectivity index (χ4v) is 1.37. The van der Waals surface area contributed by atoms with Crippen molar-refractivity contribution in [1.29, 1.82) is 0 Å². The predicted octanol–water partition coefficient (Wildman–Crippen LogP) is 4.98. The molecule has 6 nitrogen and oxygen atoms in total. The van der Waals surface area contributed by atoms with Crippen molar-refractivity contribution >= 4 is 17.9 Å². The summed E-state index contributed by atoms with van der Waals surface area (Å²) >= 11 is 0. The van der Waals surface area contributed by atoms with Crippen molar-refractivity contribution < 1.29 is 29.0 Å². The average Bonchev–Trinajstić information content (AvgIpc) is 2.70. The lowest BCUT2D eigenvalue weighted by Crippen LogP contribution is -2.07. The topological polar surface area (TPSA) is 89.9 Å². The molecule has 0 fully saturated rings. The van der Waals surface area contributed by atoms with Crippen LogP contribution >= 0.6 is 0 Å². The van der Waals surface area contributed by atoms with Gasteiger partial charge in [0.1, 0.15) is 11.5 Å².